The molecule has 7 heteroatoms. The number of fused-ring (bicyclic) bond motifs is 1. The fraction of sp³-hybridized carbons (Fsp3) is 0.176. The van der Waals surface area contributed by atoms with E-state index < -0.39 is 17.6 Å². The van der Waals surface area contributed by atoms with Gasteiger partial charge in [0.2, 0.25) is 0 Å². The molecule has 1 heterocycles. The minimum Gasteiger partial charge on any atom is -0.486 e. The second-order valence-corrected chi connectivity index (χ2v) is 5.23. The number of hydrogen-bond acceptors (Lipinski definition) is 4. The van der Waals surface area contributed by atoms with Gasteiger partial charge in [-0.25, -0.2) is 4.39 Å². The van der Waals surface area contributed by atoms with Gasteiger partial charge in [-0.1, -0.05) is 6.07 Å². The third-order valence-electron chi connectivity index (χ3n) is 3.54. The zero-order valence-corrected chi connectivity index (χ0v) is 12.9. The summed E-state index contributed by atoms with van der Waals surface area (Å²) in [7, 11) is 0. The number of benzene rings is 2. The molecular formula is C17H15FN2O4. The van der Waals surface area contributed by atoms with Crippen LogP contribution >= 0.6 is 0 Å². The van der Waals surface area contributed by atoms with Crippen LogP contribution in [0, 0.1) is 12.7 Å². The molecule has 3 rings (SSSR count). The fourth-order valence-electron chi connectivity index (χ4n) is 2.28. The van der Waals surface area contributed by atoms with Crippen LogP contribution in [0.5, 0.6) is 11.5 Å². The lowest BCUT2D eigenvalue weighted by Gasteiger charge is -2.18. The van der Waals surface area contributed by atoms with E-state index in [1.165, 1.54) is 18.2 Å². The molecule has 2 amide bonds. The van der Waals surface area contributed by atoms with E-state index in [2.05, 4.69) is 10.9 Å². The molecule has 0 spiro atoms. The third kappa shape index (κ3) is 3.29. The van der Waals surface area contributed by atoms with Crippen molar-refractivity contribution in [3.8, 4) is 11.5 Å². The number of hydrogen-bond donors (Lipinski definition) is 2. The van der Waals surface area contributed by atoms with E-state index in [0.717, 1.165) is 6.07 Å². The molecule has 1 aliphatic heterocycles. The topological polar surface area (TPSA) is 76.7 Å². The summed E-state index contributed by atoms with van der Waals surface area (Å²) in [4.78, 5) is 24.2. The van der Waals surface area contributed by atoms with Gasteiger partial charge in [-0.3, -0.25) is 20.4 Å². The number of rotatable bonds is 2. The molecule has 2 N–H and O–H groups in total. The van der Waals surface area contributed by atoms with Crippen LogP contribution in [-0.2, 0) is 0 Å². The van der Waals surface area contributed by atoms with E-state index in [1.54, 1.807) is 19.1 Å². The van der Waals surface area contributed by atoms with Crippen molar-refractivity contribution >= 4 is 11.8 Å². The highest BCUT2D eigenvalue weighted by atomic mass is 19.1. The van der Waals surface area contributed by atoms with E-state index in [-0.39, 0.29) is 5.56 Å². The Morgan fingerprint density at radius 2 is 1.67 bits per heavy atom. The standard InChI is InChI=1S/C17H15FN2O4/c1-10-2-4-12(18)9-13(10)17(22)20-19-16(21)11-3-5-14-15(8-11)24-7-6-23-14/h2-5,8-9H,6-7H2,1H3,(H,19,21)(H,20,22). The van der Waals surface area contributed by atoms with Crippen molar-refractivity contribution in [3.63, 3.8) is 0 Å². The highest BCUT2D eigenvalue weighted by Crippen LogP contribution is 2.30. The summed E-state index contributed by atoms with van der Waals surface area (Å²) in [5.74, 6) is -0.602. The fourth-order valence-corrected chi connectivity index (χ4v) is 2.28. The Morgan fingerprint density at radius 1 is 0.958 bits per heavy atom. The van der Waals surface area contributed by atoms with E-state index >= 15 is 0 Å². The maximum Gasteiger partial charge on any atom is 0.270 e. The van der Waals surface area contributed by atoms with E-state index in [0.29, 0.717) is 35.8 Å². The molecule has 0 fully saturated rings. The second-order valence-electron chi connectivity index (χ2n) is 5.23. The Morgan fingerprint density at radius 3 is 2.46 bits per heavy atom. The number of nitrogens with one attached hydrogen (secondary N) is 2. The minimum absolute atomic E-state index is 0.150. The van der Waals surface area contributed by atoms with Gasteiger partial charge in [-0.15, -0.1) is 0 Å². The summed E-state index contributed by atoms with van der Waals surface area (Å²) in [5.41, 5.74) is 5.61. The first-order chi connectivity index (χ1) is 11.5. The highest BCUT2D eigenvalue weighted by Gasteiger charge is 2.16. The SMILES string of the molecule is Cc1ccc(F)cc1C(=O)NNC(=O)c1ccc2c(c1)OCCO2. The first-order valence-corrected chi connectivity index (χ1v) is 7.31. The number of carbonyl (C=O) groups excluding carboxylic acids is 2. The number of ether oxygens (including phenoxy) is 2. The van der Waals surface area contributed by atoms with Gasteiger partial charge in [-0.05, 0) is 42.8 Å². The summed E-state index contributed by atoms with van der Waals surface area (Å²) < 4.78 is 24.0. The Balaban J connectivity index is 1.67. The second kappa shape index (κ2) is 6.57. The third-order valence-corrected chi connectivity index (χ3v) is 3.54. The normalized spacial score (nSPS) is 12.4. The smallest absolute Gasteiger partial charge is 0.270 e. The summed E-state index contributed by atoms with van der Waals surface area (Å²) in [6.45, 7) is 2.55. The Kier molecular flexibility index (Phi) is 4.33. The van der Waals surface area contributed by atoms with Crippen molar-refractivity contribution in [1.29, 1.82) is 0 Å². The molecule has 2 aromatic rings. The summed E-state index contributed by atoms with van der Waals surface area (Å²) >= 11 is 0. The average Bonchev–Trinajstić information content (AvgIpc) is 2.61. The minimum atomic E-state index is -0.599. The monoisotopic (exact) mass is 330 g/mol. The summed E-state index contributed by atoms with van der Waals surface area (Å²) in [6, 6.07) is 8.58. The predicted octanol–water partition coefficient (Wildman–Crippen LogP) is 1.98. The molecule has 24 heavy (non-hydrogen) atoms. The molecule has 0 aromatic heterocycles. The molecule has 0 aliphatic carbocycles. The molecule has 0 saturated carbocycles. The van der Waals surface area contributed by atoms with Crippen molar-refractivity contribution in [2.75, 3.05) is 13.2 Å². The number of carbonyl (C=O) groups is 2. The largest absolute Gasteiger partial charge is 0.486 e. The molecule has 0 saturated heterocycles. The lowest BCUT2D eigenvalue weighted by Crippen LogP contribution is -2.41. The summed E-state index contributed by atoms with van der Waals surface area (Å²) in [6.07, 6.45) is 0. The van der Waals surface area contributed by atoms with Gasteiger partial charge in [0.05, 0.1) is 0 Å². The van der Waals surface area contributed by atoms with Crippen molar-refractivity contribution in [2.45, 2.75) is 6.92 Å². The van der Waals surface area contributed by atoms with Crippen LogP contribution in [0.2, 0.25) is 0 Å². The number of amides is 2. The van der Waals surface area contributed by atoms with Crippen molar-refractivity contribution in [2.24, 2.45) is 0 Å². The van der Waals surface area contributed by atoms with Gasteiger partial charge in [0, 0.05) is 11.1 Å². The molecule has 0 bridgehead atoms. The lowest BCUT2D eigenvalue weighted by atomic mass is 10.1. The van der Waals surface area contributed by atoms with Crippen LogP contribution in [0.1, 0.15) is 26.3 Å². The van der Waals surface area contributed by atoms with Gasteiger partial charge in [0.1, 0.15) is 19.0 Å². The van der Waals surface area contributed by atoms with Crippen LogP contribution < -0.4 is 20.3 Å². The molecule has 6 nitrogen and oxygen atoms in total. The van der Waals surface area contributed by atoms with Gasteiger partial charge in [0.25, 0.3) is 11.8 Å². The first kappa shape index (κ1) is 15.8. The Labute approximate surface area is 137 Å². The van der Waals surface area contributed by atoms with Crippen molar-refractivity contribution in [1.82, 2.24) is 10.9 Å². The van der Waals surface area contributed by atoms with Gasteiger partial charge in [-0.2, -0.15) is 0 Å². The Bertz CT molecular complexity index is 807. The Hall–Kier alpha value is -3.09. The molecule has 2 aromatic carbocycles. The molecule has 0 atom stereocenters. The van der Waals surface area contributed by atoms with Gasteiger partial charge >= 0.3 is 0 Å². The van der Waals surface area contributed by atoms with Gasteiger partial charge in [0.15, 0.2) is 11.5 Å². The predicted molar refractivity (Wildman–Crippen MR) is 83.5 cm³/mol. The lowest BCUT2D eigenvalue weighted by molar-refractivity contribution is 0.0845. The van der Waals surface area contributed by atoms with Gasteiger partial charge < -0.3 is 9.47 Å². The van der Waals surface area contributed by atoms with Crippen LogP contribution in [0.4, 0.5) is 4.39 Å². The highest BCUT2D eigenvalue weighted by molar-refractivity contribution is 6.00. The van der Waals surface area contributed by atoms with Crippen LogP contribution in [0.25, 0.3) is 0 Å². The first-order valence-electron chi connectivity index (χ1n) is 7.31. The quantitative estimate of drug-likeness (QED) is 0.826. The van der Waals surface area contributed by atoms with Crippen LogP contribution in [-0.4, -0.2) is 25.0 Å². The van der Waals surface area contributed by atoms with E-state index in [4.69, 9.17) is 9.47 Å². The van der Waals surface area contributed by atoms with Crippen LogP contribution in [0.3, 0.4) is 0 Å². The molecule has 0 unspecified atom stereocenters. The van der Waals surface area contributed by atoms with Crippen molar-refractivity contribution < 1.29 is 23.5 Å². The van der Waals surface area contributed by atoms with Crippen molar-refractivity contribution in [3.05, 3.63) is 58.9 Å². The molecule has 124 valence electrons. The number of hydrazine groups is 1. The maximum absolute atomic E-state index is 13.2. The maximum atomic E-state index is 13.2. The zero-order chi connectivity index (χ0) is 17.1. The molecular weight excluding hydrogens is 315 g/mol. The molecule has 1 aliphatic rings. The molecule has 0 radical (unpaired) electrons. The number of halogens is 1. The number of aryl methyl sites for hydroxylation is 1. The van der Waals surface area contributed by atoms with Crippen LogP contribution in [0.15, 0.2) is 36.4 Å². The van der Waals surface area contributed by atoms with E-state index in [9.17, 15) is 14.0 Å². The van der Waals surface area contributed by atoms with E-state index in [1.807, 2.05) is 0 Å². The zero-order valence-electron chi connectivity index (χ0n) is 12.9. The average molecular weight is 330 g/mol. The summed E-state index contributed by atoms with van der Waals surface area (Å²) in [5, 5.41) is 0.